The van der Waals surface area contributed by atoms with Gasteiger partial charge >= 0.3 is 0 Å². The van der Waals surface area contributed by atoms with Gasteiger partial charge in [-0.15, -0.1) is 0 Å². The lowest BCUT2D eigenvalue weighted by molar-refractivity contribution is 0.315. The second kappa shape index (κ2) is 3.23. The predicted molar refractivity (Wildman–Crippen MR) is 60.5 cm³/mol. The quantitative estimate of drug-likeness (QED) is 0.328. The molecule has 0 saturated heterocycles. The zero-order valence-corrected chi connectivity index (χ0v) is 8.67. The molecule has 1 saturated carbocycles. The van der Waals surface area contributed by atoms with E-state index in [1.165, 1.54) is 17.5 Å². The summed E-state index contributed by atoms with van der Waals surface area (Å²) in [6.07, 6.45) is 2.36. The molecule has 0 aliphatic heterocycles. The molecule has 1 heterocycles. The van der Waals surface area contributed by atoms with Gasteiger partial charge in [-0.1, -0.05) is 18.2 Å². The summed E-state index contributed by atoms with van der Waals surface area (Å²) < 4.78 is 1.49. The molecule has 1 fully saturated rings. The molecule has 0 bridgehead atoms. The number of oxime groups is 1. The Balaban J connectivity index is 2.28. The molecule has 1 aliphatic carbocycles. The van der Waals surface area contributed by atoms with E-state index < -0.39 is 0 Å². The molecule has 2 aromatic rings. The first-order chi connectivity index (χ1) is 7.81. The fourth-order valence-corrected chi connectivity index (χ4v) is 1.97. The van der Waals surface area contributed by atoms with Gasteiger partial charge in [-0.2, -0.15) is 9.78 Å². The summed E-state index contributed by atoms with van der Waals surface area (Å²) in [6.45, 7) is 0. The zero-order chi connectivity index (χ0) is 11.1. The van der Waals surface area contributed by atoms with Crippen LogP contribution in [0.3, 0.4) is 0 Å². The predicted octanol–water partition coefficient (Wildman–Crippen LogP) is 1.47. The molecule has 1 aromatic heterocycles. The van der Waals surface area contributed by atoms with Gasteiger partial charge in [0.2, 0.25) is 0 Å². The van der Waals surface area contributed by atoms with E-state index in [1.807, 2.05) is 24.3 Å². The molecular weight excluding hydrogens is 204 g/mol. The molecule has 0 atom stereocenters. The van der Waals surface area contributed by atoms with Crippen LogP contribution in [0, 0.1) is 0 Å². The van der Waals surface area contributed by atoms with Crippen molar-refractivity contribution in [3.05, 3.63) is 30.0 Å². The van der Waals surface area contributed by atoms with Gasteiger partial charge in [-0.25, -0.2) is 0 Å². The third-order valence-corrected chi connectivity index (χ3v) is 2.90. The molecule has 16 heavy (non-hydrogen) atoms. The molecule has 3 rings (SSSR count). The Bertz CT molecular complexity index is 568. The van der Waals surface area contributed by atoms with Crippen molar-refractivity contribution in [1.29, 1.82) is 0 Å². The van der Waals surface area contributed by atoms with Crippen molar-refractivity contribution in [2.24, 2.45) is 10.9 Å². The number of nitrogens with zero attached hydrogens (tertiary/aromatic N) is 3. The van der Waals surface area contributed by atoms with Gasteiger partial charge in [0.1, 0.15) is 0 Å². The van der Waals surface area contributed by atoms with Crippen LogP contribution in [-0.2, 0) is 0 Å². The molecular formula is C11H12N4O. The van der Waals surface area contributed by atoms with Gasteiger partial charge in [-0.3, -0.25) is 0 Å². The highest BCUT2D eigenvalue weighted by Crippen LogP contribution is 2.42. The molecule has 0 spiro atoms. The summed E-state index contributed by atoms with van der Waals surface area (Å²) in [5, 5.41) is 17.2. The normalized spacial score (nSPS) is 16.9. The van der Waals surface area contributed by atoms with Gasteiger partial charge in [0.25, 0.3) is 5.96 Å². The van der Waals surface area contributed by atoms with E-state index in [0.29, 0.717) is 5.92 Å². The molecule has 0 radical (unpaired) electrons. The van der Waals surface area contributed by atoms with E-state index in [2.05, 4.69) is 10.3 Å². The van der Waals surface area contributed by atoms with Crippen molar-refractivity contribution in [1.82, 2.24) is 9.78 Å². The van der Waals surface area contributed by atoms with Gasteiger partial charge < -0.3 is 10.9 Å². The molecule has 1 aromatic carbocycles. The van der Waals surface area contributed by atoms with Crippen molar-refractivity contribution in [3.8, 4) is 0 Å². The second-order valence-electron chi connectivity index (χ2n) is 4.05. The molecule has 5 nitrogen and oxygen atoms in total. The second-order valence-corrected chi connectivity index (χ2v) is 4.05. The summed E-state index contributed by atoms with van der Waals surface area (Å²) >= 11 is 0. The van der Waals surface area contributed by atoms with Crippen LogP contribution in [0.25, 0.3) is 10.9 Å². The van der Waals surface area contributed by atoms with E-state index >= 15 is 0 Å². The Kier molecular flexibility index (Phi) is 1.86. The largest absolute Gasteiger partial charge is 0.408 e. The van der Waals surface area contributed by atoms with Crippen molar-refractivity contribution in [2.75, 3.05) is 0 Å². The molecule has 1 aliphatic rings. The SMILES string of the molecule is N/C(=N\O)n1nc(C2CC2)c2ccccc21. The lowest BCUT2D eigenvalue weighted by Crippen LogP contribution is -2.23. The average Bonchev–Trinajstić information content (AvgIpc) is 3.09. The Morgan fingerprint density at radius 3 is 2.88 bits per heavy atom. The Morgan fingerprint density at radius 1 is 1.44 bits per heavy atom. The van der Waals surface area contributed by atoms with Crippen LogP contribution in [0.4, 0.5) is 0 Å². The molecule has 0 unspecified atom stereocenters. The van der Waals surface area contributed by atoms with E-state index in [4.69, 9.17) is 10.9 Å². The van der Waals surface area contributed by atoms with E-state index in [0.717, 1.165) is 16.6 Å². The maximum atomic E-state index is 8.71. The van der Waals surface area contributed by atoms with Gasteiger partial charge in [-0.05, 0) is 24.1 Å². The summed E-state index contributed by atoms with van der Waals surface area (Å²) in [4.78, 5) is 0. The number of fused-ring (bicyclic) bond motifs is 1. The summed E-state index contributed by atoms with van der Waals surface area (Å²) in [7, 11) is 0. The standard InChI is InChI=1S/C11H12N4O/c12-11(14-16)15-9-4-2-1-3-8(9)10(13-15)7-5-6-7/h1-4,7,16H,5-6H2,(H2,12,14). The topological polar surface area (TPSA) is 76.4 Å². The van der Waals surface area contributed by atoms with Crippen LogP contribution < -0.4 is 5.73 Å². The zero-order valence-electron chi connectivity index (χ0n) is 8.67. The minimum Gasteiger partial charge on any atom is -0.408 e. The highest BCUT2D eigenvalue weighted by atomic mass is 16.4. The number of benzene rings is 1. The number of aromatic nitrogens is 2. The Labute approximate surface area is 92.2 Å². The van der Waals surface area contributed by atoms with E-state index in [-0.39, 0.29) is 5.96 Å². The first kappa shape index (κ1) is 9.21. The number of para-hydroxylation sites is 1. The van der Waals surface area contributed by atoms with Crippen LogP contribution >= 0.6 is 0 Å². The van der Waals surface area contributed by atoms with Crippen molar-refractivity contribution in [2.45, 2.75) is 18.8 Å². The molecule has 5 heteroatoms. The summed E-state index contributed by atoms with van der Waals surface area (Å²) in [5.41, 5.74) is 7.54. The van der Waals surface area contributed by atoms with E-state index in [1.54, 1.807) is 0 Å². The number of hydrogen-bond acceptors (Lipinski definition) is 3. The van der Waals surface area contributed by atoms with Gasteiger partial charge in [0.15, 0.2) is 0 Å². The Hall–Kier alpha value is -2.04. The third-order valence-electron chi connectivity index (χ3n) is 2.90. The lowest BCUT2D eigenvalue weighted by atomic mass is 10.1. The monoisotopic (exact) mass is 216 g/mol. The van der Waals surface area contributed by atoms with Gasteiger partial charge in [0.05, 0.1) is 11.2 Å². The lowest BCUT2D eigenvalue weighted by Gasteiger charge is -1.98. The molecule has 0 amide bonds. The smallest absolute Gasteiger partial charge is 0.258 e. The minimum absolute atomic E-state index is 0.00287. The first-order valence-electron chi connectivity index (χ1n) is 5.27. The highest BCUT2D eigenvalue weighted by molar-refractivity contribution is 5.93. The number of nitrogens with two attached hydrogens (primary N) is 1. The average molecular weight is 216 g/mol. The first-order valence-corrected chi connectivity index (χ1v) is 5.27. The number of hydrogen-bond donors (Lipinski definition) is 2. The van der Waals surface area contributed by atoms with E-state index in [9.17, 15) is 0 Å². The van der Waals surface area contributed by atoms with Crippen LogP contribution in [0.15, 0.2) is 29.4 Å². The van der Waals surface area contributed by atoms with Crippen LogP contribution in [0.2, 0.25) is 0 Å². The van der Waals surface area contributed by atoms with Crippen molar-refractivity contribution in [3.63, 3.8) is 0 Å². The molecule has 82 valence electrons. The van der Waals surface area contributed by atoms with Crippen LogP contribution in [0.1, 0.15) is 24.5 Å². The van der Waals surface area contributed by atoms with Crippen molar-refractivity contribution >= 4 is 16.9 Å². The fraction of sp³-hybridized carbons (Fsp3) is 0.273. The highest BCUT2D eigenvalue weighted by Gasteiger charge is 2.29. The Morgan fingerprint density at radius 2 is 2.19 bits per heavy atom. The maximum absolute atomic E-state index is 8.71. The maximum Gasteiger partial charge on any atom is 0.258 e. The molecule has 3 N–H and O–H groups in total. The van der Waals surface area contributed by atoms with Crippen LogP contribution in [0.5, 0.6) is 0 Å². The minimum atomic E-state index is 0.00287. The summed E-state index contributed by atoms with van der Waals surface area (Å²) in [5.74, 6) is 0.542. The third kappa shape index (κ3) is 1.25. The van der Waals surface area contributed by atoms with Crippen LogP contribution in [-0.4, -0.2) is 20.9 Å². The fourth-order valence-electron chi connectivity index (χ4n) is 1.97. The number of rotatable bonds is 1. The summed E-state index contributed by atoms with van der Waals surface area (Å²) in [6, 6.07) is 7.84. The van der Waals surface area contributed by atoms with Crippen molar-refractivity contribution < 1.29 is 5.21 Å². The van der Waals surface area contributed by atoms with Gasteiger partial charge in [0, 0.05) is 11.3 Å².